The Labute approximate surface area is 102 Å². The third-order valence-electron chi connectivity index (χ3n) is 2.83. The van der Waals surface area contributed by atoms with Gasteiger partial charge in [0.15, 0.2) is 0 Å². The SMILES string of the molecule is CC(C)=CCNC1CCSc2ccccc21. The molecule has 1 nitrogen and oxygen atoms in total. The molecule has 0 amide bonds. The van der Waals surface area contributed by atoms with Crippen molar-refractivity contribution in [2.24, 2.45) is 0 Å². The highest BCUT2D eigenvalue weighted by Crippen LogP contribution is 2.35. The zero-order chi connectivity index (χ0) is 11.4. The van der Waals surface area contributed by atoms with Crippen molar-refractivity contribution in [3.8, 4) is 0 Å². The molecule has 1 aromatic carbocycles. The molecule has 1 N–H and O–H groups in total. The molecule has 86 valence electrons. The van der Waals surface area contributed by atoms with Gasteiger partial charge in [0.05, 0.1) is 0 Å². The van der Waals surface area contributed by atoms with Gasteiger partial charge in [0.25, 0.3) is 0 Å². The zero-order valence-electron chi connectivity index (χ0n) is 9.99. The Morgan fingerprint density at radius 3 is 3.06 bits per heavy atom. The quantitative estimate of drug-likeness (QED) is 0.797. The molecule has 0 bridgehead atoms. The van der Waals surface area contributed by atoms with Crippen LogP contribution in [-0.4, -0.2) is 12.3 Å². The molecular formula is C14H19NS. The third kappa shape index (κ3) is 2.89. The Balaban J connectivity index is 2.04. The molecule has 1 aromatic rings. The Bertz CT molecular complexity index is 380. The van der Waals surface area contributed by atoms with Crippen molar-refractivity contribution in [1.29, 1.82) is 0 Å². The van der Waals surface area contributed by atoms with Gasteiger partial charge in [0, 0.05) is 17.5 Å². The smallest absolute Gasteiger partial charge is 0.0342 e. The summed E-state index contributed by atoms with van der Waals surface area (Å²) in [5, 5.41) is 3.62. The summed E-state index contributed by atoms with van der Waals surface area (Å²) < 4.78 is 0. The first-order valence-electron chi connectivity index (χ1n) is 5.86. The minimum atomic E-state index is 0.535. The second-order valence-corrected chi connectivity index (χ2v) is 5.55. The van der Waals surface area contributed by atoms with E-state index in [2.05, 4.69) is 49.5 Å². The summed E-state index contributed by atoms with van der Waals surface area (Å²) in [7, 11) is 0. The van der Waals surface area contributed by atoms with Crippen LogP contribution < -0.4 is 5.32 Å². The van der Waals surface area contributed by atoms with Crippen LogP contribution in [-0.2, 0) is 0 Å². The van der Waals surface area contributed by atoms with Gasteiger partial charge in [-0.1, -0.05) is 29.8 Å². The molecule has 1 aliphatic rings. The van der Waals surface area contributed by atoms with Crippen LogP contribution in [0.15, 0.2) is 40.8 Å². The summed E-state index contributed by atoms with van der Waals surface area (Å²) in [5.41, 5.74) is 2.85. The maximum absolute atomic E-state index is 3.62. The number of hydrogen-bond donors (Lipinski definition) is 1. The molecule has 1 atom stereocenters. The maximum Gasteiger partial charge on any atom is 0.0342 e. The highest BCUT2D eigenvalue weighted by molar-refractivity contribution is 7.99. The minimum absolute atomic E-state index is 0.535. The first-order valence-corrected chi connectivity index (χ1v) is 6.84. The Hall–Kier alpha value is -0.730. The van der Waals surface area contributed by atoms with Gasteiger partial charge in [0.1, 0.15) is 0 Å². The van der Waals surface area contributed by atoms with Gasteiger partial charge >= 0.3 is 0 Å². The number of hydrogen-bond acceptors (Lipinski definition) is 2. The number of benzene rings is 1. The molecule has 0 saturated heterocycles. The normalized spacial score (nSPS) is 19.0. The molecule has 0 fully saturated rings. The fourth-order valence-electron chi connectivity index (χ4n) is 1.96. The topological polar surface area (TPSA) is 12.0 Å². The average molecular weight is 233 g/mol. The molecule has 1 aliphatic heterocycles. The van der Waals surface area contributed by atoms with E-state index in [0.717, 1.165) is 6.54 Å². The summed E-state index contributed by atoms with van der Waals surface area (Å²) in [6.07, 6.45) is 3.49. The summed E-state index contributed by atoms with van der Waals surface area (Å²) in [4.78, 5) is 1.45. The van der Waals surface area contributed by atoms with Crippen LogP contribution in [0.3, 0.4) is 0 Å². The molecule has 0 radical (unpaired) electrons. The van der Waals surface area contributed by atoms with E-state index >= 15 is 0 Å². The lowest BCUT2D eigenvalue weighted by atomic mass is 10.0. The van der Waals surface area contributed by atoms with Gasteiger partial charge in [0.2, 0.25) is 0 Å². The summed E-state index contributed by atoms with van der Waals surface area (Å²) in [6.45, 7) is 5.27. The van der Waals surface area contributed by atoms with Crippen molar-refractivity contribution in [2.45, 2.75) is 31.2 Å². The molecular weight excluding hydrogens is 214 g/mol. The van der Waals surface area contributed by atoms with Gasteiger partial charge in [-0.3, -0.25) is 0 Å². The van der Waals surface area contributed by atoms with E-state index in [1.54, 1.807) is 0 Å². The fraction of sp³-hybridized carbons (Fsp3) is 0.429. The zero-order valence-corrected chi connectivity index (χ0v) is 10.8. The number of nitrogens with one attached hydrogen (secondary N) is 1. The Morgan fingerprint density at radius 1 is 1.44 bits per heavy atom. The number of allylic oxidation sites excluding steroid dienone is 1. The van der Waals surface area contributed by atoms with Crippen LogP contribution in [0, 0.1) is 0 Å². The van der Waals surface area contributed by atoms with Crippen LogP contribution in [0.2, 0.25) is 0 Å². The van der Waals surface area contributed by atoms with E-state index in [1.807, 2.05) is 11.8 Å². The third-order valence-corrected chi connectivity index (χ3v) is 3.96. The van der Waals surface area contributed by atoms with Crippen LogP contribution in [0.25, 0.3) is 0 Å². The van der Waals surface area contributed by atoms with Gasteiger partial charge in [-0.2, -0.15) is 0 Å². The molecule has 2 rings (SSSR count). The molecule has 2 heteroatoms. The maximum atomic E-state index is 3.62. The first kappa shape index (κ1) is 11.7. The van der Waals surface area contributed by atoms with Crippen molar-refractivity contribution in [3.05, 3.63) is 41.5 Å². The van der Waals surface area contributed by atoms with Crippen LogP contribution >= 0.6 is 11.8 Å². The Kier molecular flexibility index (Phi) is 4.08. The van der Waals surface area contributed by atoms with Crippen LogP contribution in [0.5, 0.6) is 0 Å². The monoisotopic (exact) mass is 233 g/mol. The van der Waals surface area contributed by atoms with Crippen LogP contribution in [0.4, 0.5) is 0 Å². The number of fused-ring (bicyclic) bond motifs is 1. The molecule has 16 heavy (non-hydrogen) atoms. The van der Waals surface area contributed by atoms with Crippen molar-refractivity contribution >= 4 is 11.8 Å². The molecule has 0 aromatic heterocycles. The first-order chi connectivity index (χ1) is 7.77. The van der Waals surface area contributed by atoms with Gasteiger partial charge in [-0.05, 0) is 37.7 Å². The second kappa shape index (κ2) is 5.55. The van der Waals surface area contributed by atoms with E-state index in [1.165, 1.54) is 28.2 Å². The lowest BCUT2D eigenvalue weighted by molar-refractivity contribution is 0.540. The fourth-order valence-corrected chi connectivity index (χ4v) is 3.08. The largest absolute Gasteiger partial charge is 0.306 e. The van der Waals surface area contributed by atoms with E-state index in [0.29, 0.717) is 6.04 Å². The summed E-state index contributed by atoms with van der Waals surface area (Å²) >= 11 is 1.98. The lowest BCUT2D eigenvalue weighted by Crippen LogP contribution is -2.24. The predicted octanol–water partition coefficient (Wildman–Crippen LogP) is 3.78. The van der Waals surface area contributed by atoms with Gasteiger partial charge < -0.3 is 5.32 Å². The number of thioether (sulfide) groups is 1. The summed E-state index contributed by atoms with van der Waals surface area (Å²) in [5.74, 6) is 1.23. The van der Waals surface area contributed by atoms with E-state index in [4.69, 9.17) is 0 Å². The highest BCUT2D eigenvalue weighted by Gasteiger charge is 2.18. The average Bonchev–Trinajstić information content (AvgIpc) is 2.29. The standard InChI is InChI=1S/C14H19NS/c1-11(2)7-9-15-13-8-10-16-14-6-4-3-5-12(13)14/h3-7,13,15H,8-10H2,1-2H3. The molecule has 0 saturated carbocycles. The lowest BCUT2D eigenvalue weighted by Gasteiger charge is -2.25. The van der Waals surface area contributed by atoms with Crippen molar-refractivity contribution in [3.63, 3.8) is 0 Å². The number of rotatable bonds is 3. The molecule has 1 unspecified atom stereocenters. The highest BCUT2D eigenvalue weighted by atomic mass is 32.2. The Morgan fingerprint density at radius 2 is 2.25 bits per heavy atom. The predicted molar refractivity (Wildman–Crippen MR) is 72.0 cm³/mol. The minimum Gasteiger partial charge on any atom is -0.306 e. The van der Waals surface area contributed by atoms with E-state index in [-0.39, 0.29) is 0 Å². The van der Waals surface area contributed by atoms with Gasteiger partial charge in [-0.15, -0.1) is 11.8 Å². The van der Waals surface area contributed by atoms with E-state index in [9.17, 15) is 0 Å². The van der Waals surface area contributed by atoms with E-state index < -0.39 is 0 Å². The van der Waals surface area contributed by atoms with Crippen molar-refractivity contribution in [1.82, 2.24) is 5.32 Å². The second-order valence-electron chi connectivity index (χ2n) is 4.42. The molecule has 1 heterocycles. The van der Waals surface area contributed by atoms with Gasteiger partial charge in [-0.25, -0.2) is 0 Å². The summed E-state index contributed by atoms with van der Waals surface area (Å²) in [6, 6.07) is 9.29. The van der Waals surface area contributed by atoms with Crippen LogP contribution in [0.1, 0.15) is 31.9 Å². The molecule has 0 spiro atoms. The van der Waals surface area contributed by atoms with Crippen molar-refractivity contribution < 1.29 is 0 Å². The molecule has 0 aliphatic carbocycles. The van der Waals surface area contributed by atoms with Crippen molar-refractivity contribution in [2.75, 3.05) is 12.3 Å².